The van der Waals surface area contributed by atoms with Crippen molar-refractivity contribution in [1.29, 1.82) is 0 Å². The van der Waals surface area contributed by atoms with Gasteiger partial charge in [0.05, 0.1) is 0 Å². The Kier molecular flexibility index (Phi) is 3.43. The van der Waals surface area contributed by atoms with Gasteiger partial charge in [0.2, 0.25) is 0 Å². The molecule has 5 heteroatoms. The number of nitrogens with one attached hydrogen (secondary N) is 1. The average Bonchev–Trinajstić information content (AvgIpc) is 2.75. The van der Waals surface area contributed by atoms with Crippen LogP contribution in [0.15, 0.2) is 4.52 Å². The van der Waals surface area contributed by atoms with Crippen molar-refractivity contribution in [1.82, 2.24) is 15.5 Å². The van der Waals surface area contributed by atoms with Crippen molar-refractivity contribution >= 4 is 6.01 Å². The Balaban J connectivity index is 1.93. The Hall–Kier alpha value is -1.10. The van der Waals surface area contributed by atoms with E-state index in [1.165, 1.54) is 25.7 Å². The second-order valence-electron chi connectivity index (χ2n) is 4.53. The molecule has 1 fully saturated rings. The number of nitrogens with zero attached hydrogens (tertiary/aromatic N) is 3. The molecule has 1 saturated carbocycles. The molecule has 0 amide bonds. The van der Waals surface area contributed by atoms with Crippen LogP contribution in [-0.4, -0.2) is 36.3 Å². The molecule has 1 aromatic rings. The fourth-order valence-corrected chi connectivity index (χ4v) is 2.34. The third-order valence-electron chi connectivity index (χ3n) is 3.47. The van der Waals surface area contributed by atoms with E-state index in [2.05, 4.69) is 20.4 Å². The molecule has 0 saturated heterocycles. The van der Waals surface area contributed by atoms with Gasteiger partial charge in [0.15, 0.2) is 5.82 Å². The molecule has 1 N–H and O–H groups in total. The maximum absolute atomic E-state index is 5.18. The fourth-order valence-electron chi connectivity index (χ4n) is 2.34. The molecule has 2 rings (SSSR count). The lowest BCUT2D eigenvalue weighted by Gasteiger charge is -2.33. The lowest BCUT2D eigenvalue weighted by molar-refractivity contribution is 0.332. The van der Waals surface area contributed by atoms with Gasteiger partial charge in [0.1, 0.15) is 0 Å². The molecule has 1 aliphatic rings. The summed E-state index contributed by atoms with van der Waals surface area (Å²) in [5, 5.41) is 7.16. The Morgan fingerprint density at radius 3 is 2.50 bits per heavy atom. The van der Waals surface area contributed by atoms with Crippen LogP contribution in [-0.2, 0) is 0 Å². The highest BCUT2D eigenvalue weighted by Crippen LogP contribution is 2.25. The van der Waals surface area contributed by atoms with Crippen LogP contribution in [0.5, 0.6) is 0 Å². The van der Waals surface area contributed by atoms with E-state index < -0.39 is 0 Å². The van der Waals surface area contributed by atoms with Gasteiger partial charge in [-0.25, -0.2) is 0 Å². The first kappa shape index (κ1) is 11.4. The Morgan fingerprint density at radius 2 is 2.00 bits per heavy atom. The summed E-state index contributed by atoms with van der Waals surface area (Å²) in [6, 6.07) is 1.85. The van der Waals surface area contributed by atoms with Gasteiger partial charge in [-0.1, -0.05) is 5.16 Å². The van der Waals surface area contributed by atoms with Gasteiger partial charge in [-0.2, -0.15) is 4.98 Å². The topological polar surface area (TPSA) is 54.2 Å². The molecule has 16 heavy (non-hydrogen) atoms. The fraction of sp³-hybridized carbons (Fsp3) is 0.818. The van der Waals surface area contributed by atoms with Crippen molar-refractivity contribution in [2.45, 2.75) is 44.7 Å². The minimum Gasteiger partial charge on any atom is -0.325 e. The molecule has 90 valence electrons. The smallest absolute Gasteiger partial charge is 0.324 e. The van der Waals surface area contributed by atoms with E-state index in [4.69, 9.17) is 4.52 Å². The summed E-state index contributed by atoms with van der Waals surface area (Å²) in [6.07, 6.45) is 4.81. The van der Waals surface area contributed by atoms with E-state index in [1.54, 1.807) is 0 Å². The molecule has 0 atom stereocenters. The third kappa shape index (κ3) is 2.35. The highest BCUT2D eigenvalue weighted by Gasteiger charge is 2.25. The number of rotatable bonds is 3. The molecule has 0 bridgehead atoms. The van der Waals surface area contributed by atoms with Crippen LogP contribution >= 0.6 is 0 Å². The maximum atomic E-state index is 5.18. The molecule has 1 heterocycles. The summed E-state index contributed by atoms with van der Waals surface area (Å²) in [5.41, 5.74) is 0. The van der Waals surface area contributed by atoms with Crippen molar-refractivity contribution in [2.75, 3.05) is 19.0 Å². The summed E-state index contributed by atoms with van der Waals surface area (Å²) in [7, 11) is 4.08. The van der Waals surface area contributed by atoms with E-state index in [1.807, 2.05) is 21.0 Å². The van der Waals surface area contributed by atoms with Gasteiger partial charge in [-0.05, 0) is 39.7 Å². The van der Waals surface area contributed by atoms with E-state index in [9.17, 15) is 0 Å². The van der Waals surface area contributed by atoms with Crippen molar-refractivity contribution in [3.8, 4) is 0 Å². The normalized spacial score (nSPS) is 25.7. The third-order valence-corrected chi connectivity index (χ3v) is 3.47. The largest absolute Gasteiger partial charge is 0.325 e. The monoisotopic (exact) mass is 224 g/mol. The van der Waals surface area contributed by atoms with Crippen molar-refractivity contribution < 1.29 is 4.52 Å². The Bertz CT molecular complexity index is 330. The minimum atomic E-state index is 0.532. The number of hydrogen-bond donors (Lipinski definition) is 1. The first-order valence-electron chi connectivity index (χ1n) is 5.91. The number of aromatic nitrogens is 2. The van der Waals surface area contributed by atoms with Crippen molar-refractivity contribution in [3.05, 3.63) is 5.82 Å². The zero-order valence-electron chi connectivity index (χ0n) is 10.2. The average molecular weight is 224 g/mol. The molecule has 5 nitrogen and oxygen atoms in total. The first-order valence-corrected chi connectivity index (χ1v) is 5.91. The summed E-state index contributed by atoms with van der Waals surface area (Å²) in [6.45, 7) is 1.85. The van der Waals surface area contributed by atoms with Crippen LogP contribution in [0.1, 0.15) is 31.5 Å². The van der Waals surface area contributed by atoms with Gasteiger partial charge in [0.25, 0.3) is 0 Å². The summed E-state index contributed by atoms with van der Waals surface area (Å²) < 4.78 is 5.18. The van der Waals surface area contributed by atoms with E-state index in [0.717, 1.165) is 0 Å². The van der Waals surface area contributed by atoms with Crippen LogP contribution in [0.3, 0.4) is 0 Å². The number of hydrogen-bond acceptors (Lipinski definition) is 5. The highest BCUT2D eigenvalue weighted by molar-refractivity contribution is 5.25. The molecule has 0 radical (unpaired) electrons. The second-order valence-corrected chi connectivity index (χ2v) is 4.53. The summed E-state index contributed by atoms with van der Waals surface area (Å²) in [5.74, 6) is 0.700. The van der Waals surface area contributed by atoms with Crippen molar-refractivity contribution in [2.24, 2.45) is 0 Å². The molecule has 0 unspecified atom stereocenters. The number of aryl methyl sites for hydroxylation is 1. The standard InChI is InChI=1S/C11H20N4O/c1-8-13-11(16-14-8)15(3)10-6-4-9(12-2)5-7-10/h9-10,12H,4-7H2,1-3H3. The van der Waals surface area contributed by atoms with Crippen LogP contribution in [0.2, 0.25) is 0 Å². The second kappa shape index (κ2) is 4.82. The molecule has 1 aliphatic carbocycles. The first-order chi connectivity index (χ1) is 7.70. The molecular formula is C11H20N4O. The van der Waals surface area contributed by atoms with E-state index >= 15 is 0 Å². The zero-order valence-corrected chi connectivity index (χ0v) is 10.2. The van der Waals surface area contributed by atoms with Crippen LogP contribution in [0, 0.1) is 6.92 Å². The molecule has 0 spiro atoms. The maximum Gasteiger partial charge on any atom is 0.324 e. The zero-order chi connectivity index (χ0) is 11.5. The summed E-state index contributed by atoms with van der Waals surface area (Å²) in [4.78, 5) is 6.37. The lowest BCUT2D eigenvalue weighted by Crippen LogP contribution is -2.40. The lowest BCUT2D eigenvalue weighted by atomic mass is 9.91. The molecule has 0 aromatic carbocycles. The van der Waals surface area contributed by atoms with Gasteiger partial charge >= 0.3 is 6.01 Å². The Labute approximate surface area is 96.2 Å². The minimum absolute atomic E-state index is 0.532. The summed E-state index contributed by atoms with van der Waals surface area (Å²) >= 11 is 0. The van der Waals surface area contributed by atoms with E-state index in [-0.39, 0.29) is 0 Å². The van der Waals surface area contributed by atoms with Crippen LogP contribution < -0.4 is 10.2 Å². The SMILES string of the molecule is CNC1CCC(N(C)c2nc(C)no2)CC1. The molecular weight excluding hydrogens is 204 g/mol. The quantitative estimate of drug-likeness (QED) is 0.839. The van der Waals surface area contributed by atoms with Crippen molar-refractivity contribution in [3.63, 3.8) is 0 Å². The van der Waals surface area contributed by atoms with Gasteiger partial charge in [-0.3, -0.25) is 0 Å². The van der Waals surface area contributed by atoms with E-state index in [0.29, 0.717) is 23.9 Å². The number of anilines is 1. The van der Waals surface area contributed by atoms with Gasteiger partial charge < -0.3 is 14.7 Å². The molecule has 1 aromatic heterocycles. The highest BCUT2D eigenvalue weighted by atomic mass is 16.5. The van der Waals surface area contributed by atoms with Gasteiger partial charge in [-0.15, -0.1) is 0 Å². The molecule has 0 aliphatic heterocycles. The predicted octanol–water partition coefficient (Wildman–Crippen LogP) is 1.34. The predicted molar refractivity (Wildman–Crippen MR) is 62.5 cm³/mol. The van der Waals surface area contributed by atoms with Crippen LogP contribution in [0.25, 0.3) is 0 Å². The van der Waals surface area contributed by atoms with Crippen LogP contribution in [0.4, 0.5) is 6.01 Å². The van der Waals surface area contributed by atoms with Gasteiger partial charge in [0, 0.05) is 19.1 Å². The Morgan fingerprint density at radius 1 is 1.31 bits per heavy atom.